The van der Waals surface area contributed by atoms with Gasteiger partial charge in [0.1, 0.15) is 12.4 Å². The summed E-state index contributed by atoms with van der Waals surface area (Å²) in [6, 6.07) is 20.1. The topological polar surface area (TPSA) is 69.2 Å². The summed E-state index contributed by atoms with van der Waals surface area (Å²) in [5.74, 6) is 1.32. The molecule has 166 valence electrons. The number of hydrogen-bond donors (Lipinski definition) is 1. The normalized spacial score (nSPS) is 10.7. The van der Waals surface area contributed by atoms with Crippen molar-refractivity contribution in [1.29, 1.82) is 0 Å². The Balaban J connectivity index is 1.62. The number of halogens is 1. The SMILES string of the molecule is CCCOc1ccc(C(=O)N/N=C\c2cc(Cl)c(OCc3ccccc3)c(OC)c2)cc1. The molecule has 7 heteroatoms. The van der Waals surface area contributed by atoms with E-state index < -0.39 is 0 Å². The molecule has 0 bridgehead atoms. The van der Waals surface area contributed by atoms with Crippen LogP contribution in [-0.4, -0.2) is 25.8 Å². The van der Waals surface area contributed by atoms with Crippen molar-refractivity contribution in [2.75, 3.05) is 13.7 Å². The van der Waals surface area contributed by atoms with Crippen LogP contribution in [0.25, 0.3) is 0 Å². The second-order valence-electron chi connectivity index (χ2n) is 6.88. The average molecular weight is 453 g/mol. The first-order valence-electron chi connectivity index (χ1n) is 10.2. The van der Waals surface area contributed by atoms with Crippen LogP contribution < -0.4 is 19.6 Å². The molecule has 3 aromatic rings. The summed E-state index contributed by atoms with van der Waals surface area (Å²) in [7, 11) is 1.54. The van der Waals surface area contributed by atoms with E-state index in [2.05, 4.69) is 10.5 Å². The van der Waals surface area contributed by atoms with Crippen molar-refractivity contribution in [2.24, 2.45) is 5.10 Å². The molecular formula is C25H25ClN2O4. The molecule has 0 spiro atoms. The fourth-order valence-corrected chi connectivity index (χ4v) is 3.11. The standard InChI is InChI=1S/C25H25ClN2O4/c1-3-13-31-21-11-9-20(10-12-21)25(29)28-27-16-19-14-22(26)24(23(15-19)30-2)32-17-18-7-5-4-6-8-18/h4-12,14-16H,3,13,17H2,1-2H3,(H,28,29)/b27-16-. The second kappa shape index (κ2) is 11.8. The largest absolute Gasteiger partial charge is 0.494 e. The van der Waals surface area contributed by atoms with Crippen molar-refractivity contribution >= 4 is 23.7 Å². The Morgan fingerprint density at radius 1 is 1.06 bits per heavy atom. The lowest BCUT2D eigenvalue weighted by molar-refractivity contribution is 0.0955. The van der Waals surface area contributed by atoms with Crippen molar-refractivity contribution < 1.29 is 19.0 Å². The van der Waals surface area contributed by atoms with Gasteiger partial charge in [0.05, 0.1) is 25.0 Å². The molecule has 1 N–H and O–H groups in total. The third kappa shape index (κ3) is 6.49. The summed E-state index contributed by atoms with van der Waals surface area (Å²) in [5.41, 5.74) is 4.65. The van der Waals surface area contributed by atoms with Gasteiger partial charge in [-0.05, 0) is 53.9 Å². The van der Waals surface area contributed by atoms with Crippen LogP contribution in [0.2, 0.25) is 5.02 Å². The molecule has 0 heterocycles. The summed E-state index contributed by atoms with van der Waals surface area (Å²) < 4.78 is 16.8. The van der Waals surface area contributed by atoms with E-state index in [4.69, 9.17) is 25.8 Å². The van der Waals surface area contributed by atoms with Crippen LogP contribution in [0.4, 0.5) is 0 Å². The lowest BCUT2D eigenvalue weighted by atomic mass is 10.2. The minimum absolute atomic E-state index is 0.329. The van der Waals surface area contributed by atoms with Crippen LogP contribution in [0.3, 0.4) is 0 Å². The zero-order valence-corrected chi connectivity index (χ0v) is 18.8. The highest BCUT2D eigenvalue weighted by Gasteiger charge is 2.12. The fourth-order valence-electron chi connectivity index (χ4n) is 2.84. The minimum Gasteiger partial charge on any atom is -0.494 e. The molecule has 1 amide bonds. The second-order valence-corrected chi connectivity index (χ2v) is 7.29. The lowest BCUT2D eigenvalue weighted by Gasteiger charge is -2.13. The number of nitrogens with one attached hydrogen (secondary N) is 1. The van der Waals surface area contributed by atoms with E-state index in [0.717, 1.165) is 17.7 Å². The van der Waals surface area contributed by atoms with Gasteiger partial charge in [-0.15, -0.1) is 0 Å². The highest BCUT2D eigenvalue weighted by molar-refractivity contribution is 6.32. The predicted octanol–water partition coefficient (Wildman–Crippen LogP) is 5.48. The van der Waals surface area contributed by atoms with Crippen LogP contribution in [-0.2, 0) is 6.61 Å². The Morgan fingerprint density at radius 3 is 2.50 bits per heavy atom. The van der Waals surface area contributed by atoms with E-state index in [1.54, 1.807) is 36.4 Å². The van der Waals surface area contributed by atoms with Gasteiger partial charge in [-0.25, -0.2) is 5.43 Å². The third-order valence-corrected chi connectivity index (χ3v) is 4.73. The lowest BCUT2D eigenvalue weighted by Crippen LogP contribution is -2.17. The van der Waals surface area contributed by atoms with Gasteiger partial charge < -0.3 is 14.2 Å². The zero-order chi connectivity index (χ0) is 22.8. The number of nitrogens with zero attached hydrogens (tertiary/aromatic N) is 1. The van der Waals surface area contributed by atoms with Crippen molar-refractivity contribution in [3.05, 3.63) is 88.4 Å². The maximum absolute atomic E-state index is 12.3. The monoisotopic (exact) mass is 452 g/mol. The summed E-state index contributed by atoms with van der Waals surface area (Å²) in [6.45, 7) is 3.04. The van der Waals surface area contributed by atoms with Gasteiger partial charge in [0, 0.05) is 5.56 Å². The van der Waals surface area contributed by atoms with Gasteiger partial charge in [0.15, 0.2) is 11.5 Å². The quantitative estimate of drug-likeness (QED) is 0.326. The Morgan fingerprint density at radius 2 is 1.81 bits per heavy atom. The van der Waals surface area contributed by atoms with E-state index in [1.165, 1.54) is 13.3 Å². The Kier molecular flexibility index (Phi) is 8.52. The van der Waals surface area contributed by atoms with Crippen LogP contribution in [0.5, 0.6) is 17.2 Å². The van der Waals surface area contributed by atoms with Crippen molar-refractivity contribution in [3.8, 4) is 17.2 Å². The highest BCUT2D eigenvalue weighted by Crippen LogP contribution is 2.36. The molecule has 0 atom stereocenters. The predicted molar refractivity (Wildman–Crippen MR) is 126 cm³/mol. The summed E-state index contributed by atoms with van der Waals surface area (Å²) in [4.78, 5) is 12.3. The van der Waals surface area contributed by atoms with Crippen molar-refractivity contribution in [1.82, 2.24) is 5.43 Å². The Labute approximate surface area is 192 Å². The zero-order valence-electron chi connectivity index (χ0n) is 18.0. The molecule has 0 aliphatic rings. The number of rotatable bonds is 10. The molecule has 0 aliphatic heterocycles. The van der Waals surface area contributed by atoms with E-state index >= 15 is 0 Å². The fraction of sp³-hybridized carbons (Fsp3) is 0.200. The molecule has 0 aromatic heterocycles. The van der Waals surface area contributed by atoms with E-state index in [-0.39, 0.29) is 5.91 Å². The first-order chi connectivity index (χ1) is 15.6. The first kappa shape index (κ1) is 23.2. The van der Waals surface area contributed by atoms with Gasteiger partial charge in [-0.1, -0.05) is 48.9 Å². The smallest absolute Gasteiger partial charge is 0.271 e. The van der Waals surface area contributed by atoms with Crippen LogP contribution >= 0.6 is 11.6 Å². The van der Waals surface area contributed by atoms with Crippen LogP contribution in [0, 0.1) is 0 Å². The number of carbonyl (C=O) groups excluding carboxylic acids is 1. The average Bonchev–Trinajstić information content (AvgIpc) is 2.82. The summed E-state index contributed by atoms with van der Waals surface area (Å²) in [5, 5.41) is 4.40. The number of hydrogen-bond acceptors (Lipinski definition) is 5. The number of methoxy groups -OCH3 is 1. The van der Waals surface area contributed by atoms with Gasteiger partial charge in [-0.3, -0.25) is 4.79 Å². The molecule has 0 aliphatic carbocycles. The molecule has 3 aromatic carbocycles. The highest BCUT2D eigenvalue weighted by atomic mass is 35.5. The first-order valence-corrected chi connectivity index (χ1v) is 10.6. The van der Waals surface area contributed by atoms with Gasteiger partial charge >= 0.3 is 0 Å². The number of ether oxygens (including phenoxy) is 3. The van der Waals surface area contributed by atoms with Gasteiger partial charge in [0.2, 0.25) is 0 Å². The maximum Gasteiger partial charge on any atom is 0.271 e. The molecule has 0 saturated heterocycles. The van der Waals surface area contributed by atoms with E-state index in [0.29, 0.717) is 40.9 Å². The summed E-state index contributed by atoms with van der Waals surface area (Å²) in [6.07, 6.45) is 2.41. The molecule has 32 heavy (non-hydrogen) atoms. The van der Waals surface area contributed by atoms with E-state index in [1.807, 2.05) is 37.3 Å². The van der Waals surface area contributed by atoms with Crippen molar-refractivity contribution in [2.45, 2.75) is 20.0 Å². The number of amides is 1. The molecule has 3 rings (SSSR count). The van der Waals surface area contributed by atoms with E-state index in [9.17, 15) is 4.79 Å². The molecule has 0 radical (unpaired) electrons. The molecule has 6 nitrogen and oxygen atoms in total. The molecule has 0 unspecified atom stereocenters. The number of benzene rings is 3. The van der Waals surface area contributed by atoms with Gasteiger partial charge in [0.25, 0.3) is 5.91 Å². The maximum atomic E-state index is 12.3. The third-order valence-electron chi connectivity index (χ3n) is 4.45. The van der Waals surface area contributed by atoms with Crippen molar-refractivity contribution in [3.63, 3.8) is 0 Å². The number of hydrazone groups is 1. The molecule has 0 fully saturated rings. The van der Waals surface area contributed by atoms with Gasteiger partial charge in [-0.2, -0.15) is 5.10 Å². The summed E-state index contributed by atoms with van der Waals surface area (Å²) >= 11 is 6.40. The Bertz CT molecular complexity index is 1050. The Hall–Kier alpha value is -3.51. The van der Waals surface area contributed by atoms with Crippen LogP contribution in [0.15, 0.2) is 71.8 Å². The minimum atomic E-state index is -0.329. The number of carbonyl (C=O) groups is 1. The van der Waals surface area contributed by atoms with Crippen LogP contribution in [0.1, 0.15) is 34.8 Å². The molecule has 0 saturated carbocycles. The molecular weight excluding hydrogens is 428 g/mol.